The first-order valence-electron chi connectivity index (χ1n) is 7.07. The van der Waals surface area contributed by atoms with E-state index in [1.54, 1.807) is 0 Å². The molecular weight excluding hydrogens is 456 g/mol. The average Bonchev–Trinajstić information content (AvgIpc) is 2.82. The summed E-state index contributed by atoms with van der Waals surface area (Å²) in [7, 11) is -16.6. The number of hydrogen-bond donors (Lipinski definition) is 5. The molecule has 15 nitrogen and oxygen atoms in total. The molecular formula is C9H14FN2O13P3. The van der Waals surface area contributed by atoms with Gasteiger partial charge < -0.3 is 24.3 Å². The number of hydrogen-bond acceptors (Lipinski definition) is 9. The number of aromatic nitrogens is 2. The van der Waals surface area contributed by atoms with E-state index in [4.69, 9.17) is 19.4 Å². The van der Waals surface area contributed by atoms with Crippen LogP contribution in [-0.2, 0) is 31.6 Å². The number of phosphoric acid groups is 3. The van der Waals surface area contributed by atoms with Crippen molar-refractivity contribution in [2.75, 3.05) is 6.61 Å². The van der Waals surface area contributed by atoms with Crippen LogP contribution in [0.1, 0.15) is 12.6 Å². The molecule has 5 N–H and O–H groups in total. The molecule has 0 radical (unpaired) electrons. The molecule has 2 heterocycles. The van der Waals surface area contributed by atoms with Crippen LogP contribution in [0.2, 0.25) is 0 Å². The van der Waals surface area contributed by atoms with Gasteiger partial charge >= 0.3 is 29.2 Å². The van der Waals surface area contributed by atoms with Gasteiger partial charge in [-0.15, -0.1) is 0 Å². The molecule has 28 heavy (non-hydrogen) atoms. The van der Waals surface area contributed by atoms with Gasteiger partial charge in [0.1, 0.15) is 6.17 Å². The smallest absolute Gasteiger partial charge is 0.349 e. The zero-order chi connectivity index (χ0) is 21.3. The van der Waals surface area contributed by atoms with E-state index in [1.807, 2.05) is 4.98 Å². The topological polar surface area (TPSA) is 224 Å². The van der Waals surface area contributed by atoms with Crippen molar-refractivity contribution in [1.82, 2.24) is 9.55 Å². The van der Waals surface area contributed by atoms with Crippen LogP contribution < -0.4 is 11.2 Å². The number of phosphoric ester groups is 1. The molecule has 2 rings (SSSR count). The van der Waals surface area contributed by atoms with E-state index in [1.165, 1.54) is 0 Å². The molecule has 5 atom stereocenters. The number of ether oxygens (including phenoxy) is 1. The highest BCUT2D eigenvalue weighted by Crippen LogP contribution is 2.66. The van der Waals surface area contributed by atoms with Gasteiger partial charge in [-0.1, -0.05) is 0 Å². The summed E-state index contributed by atoms with van der Waals surface area (Å²) in [6.07, 6.45) is -3.93. The van der Waals surface area contributed by atoms with Crippen molar-refractivity contribution in [2.24, 2.45) is 0 Å². The van der Waals surface area contributed by atoms with Crippen LogP contribution in [-0.4, -0.2) is 48.0 Å². The van der Waals surface area contributed by atoms with Gasteiger partial charge in [0.2, 0.25) is 0 Å². The van der Waals surface area contributed by atoms with E-state index in [2.05, 4.69) is 13.1 Å². The summed E-state index contributed by atoms with van der Waals surface area (Å²) in [6.45, 7) is -0.862. The molecule has 1 aliphatic heterocycles. The van der Waals surface area contributed by atoms with Crippen molar-refractivity contribution in [3.8, 4) is 0 Å². The summed E-state index contributed by atoms with van der Waals surface area (Å²) in [5, 5.41) is 0. The second-order valence-electron chi connectivity index (χ2n) is 5.30. The third-order valence-electron chi connectivity index (χ3n) is 3.09. The Kier molecular flexibility index (Phi) is 6.96. The summed E-state index contributed by atoms with van der Waals surface area (Å²) >= 11 is 0. The highest BCUT2D eigenvalue weighted by atomic mass is 31.3. The number of halogens is 1. The molecule has 5 unspecified atom stereocenters. The molecule has 19 heteroatoms. The summed E-state index contributed by atoms with van der Waals surface area (Å²) in [6, 6.07) is 0.941. The van der Waals surface area contributed by atoms with Gasteiger partial charge in [0, 0.05) is 18.7 Å². The summed E-state index contributed by atoms with van der Waals surface area (Å²) in [4.78, 5) is 59.7. The fourth-order valence-corrected chi connectivity index (χ4v) is 5.21. The summed E-state index contributed by atoms with van der Waals surface area (Å²) in [5.74, 6) is 0. The largest absolute Gasteiger partial charge is 0.490 e. The fraction of sp³-hybridized carbons (Fsp3) is 0.556. The Morgan fingerprint density at radius 3 is 2.39 bits per heavy atom. The highest BCUT2D eigenvalue weighted by Gasteiger charge is 2.43. The van der Waals surface area contributed by atoms with Gasteiger partial charge in [0.15, 0.2) is 6.23 Å². The first-order chi connectivity index (χ1) is 12.7. The Morgan fingerprint density at radius 2 is 1.82 bits per heavy atom. The molecule has 1 saturated heterocycles. The van der Waals surface area contributed by atoms with Crippen molar-refractivity contribution >= 4 is 23.5 Å². The first-order valence-corrected chi connectivity index (χ1v) is 11.6. The standard InChI is InChI=1S/C9H14FN2O13P3/c10-6-3-5(23-8(6)12-2-1-7(13)11-9(12)14)4-22-27(18,19)25-28(20,21)24-26(15,16)17/h1-2,5-6,8H,3-4H2,(H,18,19)(H,20,21)(H,11,13,14)(H2,15,16,17). The van der Waals surface area contributed by atoms with Crippen LogP contribution in [0.4, 0.5) is 4.39 Å². The summed E-state index contributed by atoms with van der Waals surface area (Å²) in [5.41, 5.74) is -1.69. The van der Waals surface area contributed by atoms with Gasteiger partial charge in [-0.25, -0.2) is 22.9 Å². The quantitative estimate of drug-likeness (QED) is 0.303. The molecule has 1 fully saturated rings. The highest BCUT2D eigenvalue weighted by molar-refractivity contribution is 7.66. The zero-order valence-electron chi connectivity index (χ0n) is 13.4. The molecule has 0 spiro atoms. The van der Waals surface area contributed by atoms with E-state index in [0.29, 0.717) is 0 Å². The molecule has 0 saturated carbocycles. The van der Waals surface area contributed by atoms with Gasteiger partial charge in [-0.05, 0) is 0 Å². The average molecular weight is 470 g/mol. The molecule has 0 amide bonds. The number of nitrogens with zero attached hydrogens (tertiary/aromatic N) is 1. The van der Waals surface area contributed by atoms with Crippen molar-refractivity contribution in [3.05, 3.63) is 33.1 Å². The van der Waals surface area contributed by atoms with Crippen molar-refractivity contribution in [2.45, 2.75) is 24.9 Å². The van der Waals surface area contributed by atoms with E-state index in [9.17, 15) is 32.6 Å². The first kappa shape index (κ1) is 23.3. The van der Waals surface area contributed by atoms with Gasteiger partial charge in [0.05, 0.1) is 12.7 Å². The Bertz CT molecular complexity index is 970. The van der Waals surface area contributed by atoms with Crippen molar-refractivity contribution in [1.29, 1.82) is 0 Å². The van der Waals surface area contributed by atoms with Crippen LogP contribution in [0.15, 0.2) is 21.9 Å². The van der Waals surface area contributed by atoms with Crippen LogP contribution in [0.5, 0.6) is 0 Å². The Morgan fingerprint density at radius 1 is 1.18 bits per heavy atom. The maximum Gasteiger partial charge on any atom is 0.490 e. The Labute approximate surface area is 154 Å². The minimum atomic E-state index is -5.68. The molecule has 0 aromatic carbocycles. The number of H-pyrrole nitrogens is 1. The number of aromatic amines is 1. The van der Waals surface area contributed by atoms with Gasteiger partial charge in [-0.3, -0.25) is 18.9 Å². The Balaban J connectivity index is 1.98. The summed E-state index contributed by atoms with van der Waals surface area (Å²) < 4.78 is 64.7. The number of nitrogens with one attached hydrogen (secondary N) is 1. The Hall–Kier alpha value is -1.02. The predicted octanol–water partition coefficient (Wildman–Crippen LogP) is -0.495. The maximum atomic E-state index is 14.1. The fourth-order valence-electron chi connectivity index (χ4n) is 2.16. The zero-order valence-corrected chi connectivity index (χ0v) is 16.1. The predicted molar refractivity (Wildman–Crippen MR) is 84.6 cm³/mol. The van der Waals surface area contributed by atoms with Crippen molar-refractivity contribution < 1.29 is 55.5 Å². The molecule has 0 aliphatic carbocycles. The molecule has 160 valence electrons. The van der Waals surface area contributed by atoms with Crippen LogP contribution in [0, 0.1) is 0 Å². The lowest BCUT2D eigenvalue weighted by Gasteiger charge is -2.18. The normalized spacial score (nSPS) is 27.2. The second kappa shape index (κ2) is 8.38. The second-order valence-corrected chi connectivity index (χ2v) is 9.72. The third kappa shape index (κ3) is 6.79. The minimum absolute atomic E-state index is 0.425. The van der Waals surface area contributed by atoms with Gasteiger partial charge in [0.25, 0.3) is 5.56 Å². The van der Waals surface area contributed by atoms with Crippen LogP contribution in [0.3, 0.4) is 0 Å². The lowest BCUT2D eigenvalue weighted by Crippen LogP contribution is -2.34. The van der Waals surface area contributed by atoms with Crippen LogP contribution >= 0.6 is 23.5 Å². The van der Waals surface area contributed by atoms with E-state index >= 15 is 0 Å². The third-order valence-corrected chi connectivity index (χ3v) is 6.90. The lowest BCUT2D eigenvalue weighted by atomic mass is 10.2. The molecule has 1 aliphatic rings. The van der Waals surface area contributed by atoms with Crippen molar-refractivity contribution in [3.63, 3.8) is 0 Å². The monoisotopic (exact) mass is 470 g/mol. The van der Waals surface area contributed by atoms with E-state index in [-0.39, 0.29) is 0 Å². The maximum absolute atomic E-state index is 14.1. The SMILES string of the molecule is O=c1ccn(C2OC(COP(=O)(O)OP(=O)(O)OP(=O)(O)O)CC2F)c(=O)[nH]1. The van der Waals surface area contributed by atoms with E-state index in [0.717, 1.165) is 16.8 Å². The molecule has 1 aromatic rings. The van der Waals surface area contributed by atoms with Gasteiger partial charge in [-0.2, -0.15) is 8.62 Å². The van der Waals surface area contributed by atoms with E-state index < -0.39 is 66.2 Å². The lowest BCUT2D eigenvalue weighted by molar-refractivity contribution is -0.0388. The number of rotatable bonds is 8. The number of alkyl halides is 1. The van der Waals surface area contributed by atoms with Crippen LogP contribution in [0.25, 0.3) is 0 Å². The molecule has 1 aromatic heterocycles. The minimum Gasteiger partial charge on any atom is -0.349 e. The molecule has 0 bridgehead atoms.